The van der Waals surface area contributed by atoms with E-state index in [2.05, 4.69) is 10.3 Å². The van der Waals surface area contributed by atoms with Gasteiger partial charge in [0, 0.05) is 35.0 Å². The lowest BCUT2D eigenvalue weighted by atomic mass is 10.1. The van der Waals surface area contributed by atoms with Crippen LogP contribution in [0.5, 0.6) is 5.75 Å². The Morgan fingerprint density at radius 1 is 1.59 bits per heavy atom. The third-order valence-corrected chi connectivity index (χ3v) is 4.53. The van der Waals surface area contributed by atoms with E-state index in [1.54, 1.807) is 7.11 Å². The molecule has 0 fully saturated rings. The molecule has 0 bridgehead atoms. The van der Waals surface area contributed by atoms with Crippen molar-refractivity contribution >= 4 is 45.2 Å². The molecule has 0 spiro atoms. The lowest BCUT2D eigenvalue weighted by molar-refractivity contribution is -0.137. The van der Waals surface area contributed by atoms with E-state index in [0.717, 1.165) is 22.2 Å². The number of aromatic nitrogens is 1. The standard InChI is InChI=1S/C14H17N3O3S2/c1-20-11-4-2-3-10-12(11)8(5-16-10)6-17-14(21)22-7-9(15)13(18)19/h2-5,9,16H,6-7,15H2,1H3,(H,17,21)(H,18,19)/t9-/m0/s1. The first-order valence-corrected chi connectivity index (χ1v) is 7.94. The van der Waals surface area contributed by atoms with E-state index in [1.807, 2.05) is 24.4 Å². The number of H-pyrrole nitrogens is 1. The average molecular weight is 339 g/mol. The highest BCUT2D eigenvalue weighted by Crippen LogP contribution is 2.28. The topological polar surface area (TPSA) is 100 Å². The predicted molar refractivity (Wildman–Crippen MR) is 92.4 cm³/mol. The molecule has 22 heavy (non-hydrogen) atoms. The molecular weight excluding hydrogens is 322 g/mol. The zero-order chi connectivity index (χ0) is 16.1. The van der Waals surface area contributed by atoms with Crippen molar-refractivity contribution in [3.05, 3.63) is 30.0 Å². The summed E-state index contributed by atoms with van der Waals surface area (Å²) in [6.07, 6.45) is 1.90. The van der Waals surface area contributed by atoms with Crippen LogP contribution in [-0.2, 0) is 11.3 Å². The number of methoxy groups -OCH3 is 1. The number of benzene rings is 1. The number of hydrogen-bond acceptors (Lipinski definition) is 5. The Morgan fingerprint density at radius 2 is 2.36 bits per heavy atom. The number of carboxylic acids is 1. The van der Waals surface area contributed by atoms with Crippen molar-refractivity contribution in [3.63, 3.8) is 0 Å². The van der Waals surface area contributed by atoms with E-state index < -0.39 is 12.0 Å². The highest BCUT2D eigenvalue weighted by Gasteiger charge is 2.13. The number of carboxylic acid groups (broad SMARTS) is 1. The van der Waals surface area contributed by atoms with Crippen LogP contribution in [-0.4, -0.2) is 39.3 Å². The summed E-state index contributed by atoms with van der Waals surface area (Å²) in [5, 5.41) is 12.8. The summed E-state index contributed by atoms with van der Waals surface area (Å²) < 4.78 is 5.89. The third-order valence-electron chi connectivity index (χ3n) is 3.10. The van der Waals surface area contributed by atoms with Crippen LogP contribution < -0.4 is 15.8 Å². The molecule has 0 aliphatic rings. The number of thiocarbonyl (C=S) groups is 1. The second kappa shape index (κ2) is 7.48. The van der Waals surface area contributed by atoms with Gasteiger partial charge in [-0.05, 0) is 12.1 Å². The van der Waals surface area contributed by atoms with Gasteiger partial charge in [-0.2, -0.15) is 0 Å². The highest BCUT2D eigenvalue weighted by atomic mass is 32.2. The maximum absolute atomic E-state index is 10.7. The smallest absolute Gasteiger partial charge is 0.321 e. The number of aromatic amines is 1. The van der Waals surface area contributed by atoms with Crippen LogP contribution in [0.1, 0.15) is 5.56 Å². The van der Waals surface area contributed by atoms with Crippen molar-refractivity contribution in [1.29, 1.82) is 0 Å². The molecule has 0 radical (unpaired) electrons. The monoisotopic (exact) mass is 339 g/mol. The van der Waals surface area contributed by atoms with Gasteiger partial charge in [0.15, 0.2) is 0 Å². The van der Waals surface area contributed by atoms with Gasteiger partial charge in [-0.1, -0.05) is 30.0 Å². The highest BCUT2D eigenvalue weighted by molar-refractivity contribution is 8.23. The third kappa shape index (κ3) is 3.90. The van der Waals surface area contributed by atoms with E-state index in [4.69, 9.17) is 27.8 Å². The minimum absolute atomic E-state index is 0.234. The van der Waals surface area contributed by atoms with Crippen LogP contribution in [0.25, 0.3) is 10.9 Å². The lowest BCUT2D eigenvalue weighted by Crippen LogP contribution is -2.33. The Hall–Kier alpha value is -1.77. The molecule has 1 atom stereocenters. The number of aliphatic carboxylic acids is 1. The molecule has 0 aliphatic heterocycles. The minimum Gasteiger partial charge on any atom is -0.496 e. The number of thioether (sulfide) groups is 1. The summed E-state index contributed by atoms with van der Waals surface area (Å²) in [5.74, 6) is -0.00283. The van der Waals surface area contributed by atoms with Gasteiger partial charge in [0.25, 0.3) is 0 Å². The van der Waals surface area contributed by atoms with Crippen LogP contribution in [0.2, 0.25) is 0 Å². The average Bonchev–Trinajstić information content (AvgIpc) is 2.93. The van der Waals surface area contributed by atoms with Gasteiger partial charge in [0.2, 0.25) is 0 Å². The molecule has 1 aromatic carbocycles. The SMILES string of the molecule is COc1cccc2[nH]cc(CNC(=S)SC[C@H](N)C(=O)O)c12. The van der Waals surface area contributed by atoms with E-state index in [0.29, 0.717) is 10.9 Å². The van der Waals surface area contributed by atoms with Gasteiger partial charge in [0.05, 0.1) is 7.11 Å². The normalized spacial score (nSPS) is 12.1. The molecule has 8 heteroatoms. The summed E-state index contributed by atoms with van der Waals surface area (Å²) >= 11 is 6.40. The van der Waals surface area contributed by atoms with Crippen LogP contribution in [0.15, 0.2) is 24.4 Å². The number of nitrogens with one attached hydrogen (secondary N) is 2. The van der Waals surface area contributed by atoms with Gasteiger partial charge < -0.3 is 25.9 Å². The van der Waals surface area contributed by atoms with E-state index in [1.165, 1.54) is 11.8 Å². The largest absolute Gasteiger partial charge is 0.496 e. The van der Waals surface area contributed by atoms with E-state index in [-0.39, 0.29) is 5.75 Å². The van der Waals surface area contributed by atoms with E-state index in [9.17, 15) is 4.79 Å². The summed E-state index contributed by atoms with van der Waals surface area (Å²) in [5.41, 5.74) is 7.45. The fourth-order valence-corrected chi connectivity index (χ4v) is 2.91. The number of carbonyl (C=O) groups is 1. The Morgan fingerprint density at radius 3 is 3.05 bits per heavy atom. The maximum Gasteiger partial charge on any atom is 0.321 e. The molecule has 5 N–H and O–H groups in total. The first-order valence-electron chi connectivity index (χ1n) is 6.55. The first-order chi connectivity index (χ1) is 10.5. The van der Waals surface area contributed by atoms with E-state index >= 15 is 0 Å². The van der Waals surface area contributed by atoms with Crippen LogP contribution in [0.4, 0.5) is 0 Å². The molecule has 0 amide bonds. The second-order valence-corrected chi connectivity index (χ2v) is 6.29. The van der Waals surface area contributed by atoms with Crippen molar-refractivity contribution in [2.75, 3.05) is 12.9 Å². The van der Waals surface area contributed by atoms with Gasteiger partial charge in [-0.3, -0.25) is 4.79 Å². The van der Waals surface area contributed by atoms with Crippen molar-refractivity contribution in [2.24, 2.45) is 5.73 Å². The van der Waals surface area contributed by atoms with Gasteiger partial charge in [-0.25, -0.2) is 0 Å². The van der Waals surface area contributed by atoms with Crippen LogP contribution in [0, 0.1) is 0 Å². The van der Waals surface area contributed by atoms with Crippen molar-refractivity contribution in [2.45, 2.75) is 12.6 Å². The molecule has 2 aromatic rings. The lowest BCUT2D eigenvalue weighted by Gasteiger charge is -2.10. The van der Waals surface area contributed by atoms with Crippen molar-refractivity contribution < 1.29 is 14.6 Å². The fourth-order valence-electron chi connectivity index (χ4n) is 1.98. The summed E-state index contributed by atoms with van der Waals surface area (Å²) in [6.45, 7) is 0.522. The number of rotatable bonds is 6. The minimum atomic E-state index is -1.03. The Kier molecular flexibility index (Phi) is 5.64. The Labute approximate surface area is 137 Å². The molecule has 0 aliphatic carbocycles. The molecule has 1 aromatic heterocycles. The maximum atomic E-state index is 10.7. The zero-order valence-electron chi connectivity index (χ0n) is 12.0. The molecule has 2 rings (SSSR count). The Bertz CT molecular complexity index is 687. The molecule has 0 saturated carbocycles. The molecular formula is C14H17N3O3S2. The van der Waals surface area contributed by atoms with Crippen LogP contribution in [0.3, 0.4) is 0 Å². The summed E-state index contributed by atoms with van der Waals surface area (Å²) in [7, 11) is 1.63. The summed E-state index contributed by atoms with van der Waals surface area (Å²) in [4.78, 5) is 13.8. The number of nitrogens with two attached hydrogens (primary N) is 1. The van der Waals surface area contributed by atoms with Crippen molar-refractivity contribution in [1.82, 2.24) is 10.3 Å². The zero-order valence-corrected chi connectivity index (χ0v) is 13.6. The first kappa shape index (κ1) is 16.6. The van der Waals surface area contributed by atoms with Gasteiger partial charge in [-0.15, -0.1) is 0 Å². The fraction of sp³-hybridized carbons (Fsp3) is 0.286. The predicted octanol–water partition coefficient (Wildman–Crippen LogP) is 1.70. The molecule has 1 heterocycles. The van der Waals surface area contributed by atoms with Gasteiger partial charge in [0.1, 0.15) is 16.1 Å². The number of hydrogen-bond donors (Lipinski definition) is 4. The Balaban J connectivity index is 1.97. The quantitative estimate of drug-likeness (QED) is 0.594. The van der Waals surface area contributed by atoms with Crippen molar-refractivity contribution in [3.8, 4) is 5.75 Å². The second-order valence-electron chi connectivity index (χ2n) is 4.59. The van der Waals surface area contributed by atoms with Crippen LogP contribution >= 0.6 is 24.0 Å². The molecule has 118 valence electrons. The summed E-state index contributed by atoms with van der Waals surface area (Å²) in [6, 6.07) is 4.87. The molecule has 0 saturated heterocycles. The van der Waals surface area contributed by atoms with Gasteiger partial charge >= 0.3 is 5.97 Å². The molecule has 6 nitrogen and oxygen atoms in total. The number of fused-ring (bicyclic) bond motifs is 1. The number of ether oxygens (including phenoxy) is 1. The molecule has 0 unspecified atom stereocenters.